The first kappa shape index (κ1) is 15.3. The molecule has 0 bridgehead atoms. The van der Waals surface area contributed by atoms with Crippen LogP contribution < -0.4 is 5.32 Å². The number of aliphatic carboxylic acids is 1. The number of likely N-dealkylation sites (tertiary alicyclic amines) is 1. The van der Waals surface area contributed by atoms with E-state index < -0.39 is 11.5 Å². The minimum atomic E-state index is -1.12. The van der Waals surface area contributed by atoms with Gasteiger partial charge in [0.05, 0.1) is 6.20 Å². The third-order valence-electron chi connectivity index (χ3n) is 4.36. The number of aromatic nitrogens is 2. The van der Waals surface area contributed by atoms with Crippen molar-refractivity contribution >= 4 is 12.0 Å². The lowest BCUT2D eigenvalue weighted by Gasteiger charge is -2.41. The molecule has 1 aromatic rings. The summed E-state index contributed by atoms with van der Waals surface area (Å²) in [5.41, 5.74) is 0.793. The van der Waals surface area contributed by atoms with Gasteiger partial charge in [-0.3, -0.25) is 4.68 Å². The van der Waals surface area contributed by atoms with E-state index in [4.69, 9.17) is 0 Å². The van der Waals surface area contributed by atoms with Gasteiger partial charge in [0.1, 0.15) is 5.54 Å². The number of aryl methyl sites for hydroxylation is 1. The number of carboxylic acid groups (broad SMARTS) is 1. The molecule has 21 heavy (non-hydrogen) atoms. The lowest BCUT2D eigenvalue weighted by Crippen LogP contribution is -2.59. The summed E-state index contributed by atoms with van der Waals surface area (Å²) in [7, 11) is 1.84. The lowest BCUT2D eigenvalue weighted by atomic mass is 9.89. The summed E-state index contributed by atoms with van der Waals surface area (Å²) in [6, 6.07) is -0.331. The molecule has 116 valence electrons. The van der Waals surface area contributed by atoms with Gasteiger partial charge in [-0.15, -0.1) is 0 Å². The Labute approximate surface area is 123 Å². The van der Waals surface area contributed by atoms with E-state index in [9.17, 15) is 14.7 Å². The number of piperidine rings is 1. The predicted molar refractivity (Wildman–Crippen MR) is 76.8 cm³/mol. The normalized spacial score (nSPS) is 22.1. The van der Waals surface area contributed by atoms with Gasteiger partial charge in [0.25, 0.3) is 0 Å². The van der Waals surface area contributed by atoms with Gasteiger partial charge in [0.2, 0.25) is 0 Å². The van der Waals surface area contributed by atoms with Gasteiger partial charge in [-0.05, 0) is 33.1 Å². The van der Waals surface area contributed by atoms with Crippen molar-refractivity contribution in [3.63, 3.8) is 0 Å². The lowest BCUT2D eigenvalue weighted by molar-refractivity contribution is -0.150. The quantitative estimate of drug-likeness (QED) is 0.878. The molecule has 1 atom stereocenters. The van der Waals surface area contributed by atoms with Crippen molar-refractivity contribution in [3.8, 4) is 0 Å². The van der Waals surface area contributed by atoms with Gasteiger partial charge >= 0.3 is 12.0 Å². The Morgan fingerprint density at radius 1 is 1.48 bits per heavy atom. The van der Waals surface area contributed by atoms with E-state index in [0.717, 1.165) is 24.1 Å². The van der Waals surface area contributed by atoms with Gasteiger partial charge in [0, 0.05) is 31.4 Å². The van der Waals surface area contributed by atoms with Crippen LogP contribution in [0.15, 0.2) is 6.20 Å². The van der Waals surface area contributed by atoms with Crippen LogP contribution in [0.4, 0.5) is 4.79 Å². The van der Waals surface area contributed by atoms with Gasteiger partial charge in [-0.25, -0.2) is 9.59 Å². The van der Waals surface area contributed by atoms with Crippen LogP contribution in [-0.2, 0) is 18.4 Å². The SMILES string of the molecule is Cc1c(CNC(=O)N2CCCCC2(C)C(=O)O)cnn1C. The number of carboxylic acids is 1. The molecule has 1 saturated heterocycles. The number of carbonyl (C=O) groups excluding carboxylic acids is 1. The molecule has 2 N–H and O–H groups in total. The third kappa shape index (κ3) is 2.86. The molecule has 2 amide bonds. The summed E-state index contributed by atoms with van der Waals surface area (Å²) in [5, 5.41) is 16.3. The van der Waals surface area contributed by atoms with Crippen molar-refractivity contribution in [1.82, 2.24) is 20.0 Å². The summed E-state index contributed by atoms with van der Waals surface area (Å²) in [5.74, 6) is -0.949. The molecule has 2 heterocycles. The highest BCUT2D eigenvalue weighted by Crippen LogP contribution is 2.28. The zero-order chi connectivity index (χ0) is 15.6. The Bertz CT molecular complexity index is 554. The highest BCUT2D eigenvalue weighted by atomic mass is 16.4. The molecule has 0 radical (unpaired) electrons. The predicted octanol–water partition coefficient (Wildman–Crippen LogP) is 1.27. The fourth-order valence-corrected chi connectivity index (χ4v) is 2.65. The van der Waals surface area contributed by atoms with Gasteiger partial charge < -0.3 is 15.3 Å². The van der Waals surface area contributed by atoms with Crippen LogP contribution in [0.3, 0.4) is 0 Å². The first-order valence-electron chi connectivity index (χ1n) is 7.12. The van der Waals surface area contributed by atoms with Crippen LogP contribution in [-0.4, -0.2) is 43.9 Å². The van der Waals surface area contributed by atoms with Crippen LogP contribution >= 0.6 is 0 Å². The van der Waals surface area contributed by atoms with Crippen LogP contribution in [0.2, 0.25) is 0 Å². The smallest absolute Gasteiger partial charge is 0.329 e. The van der Waals surface area contributed by atoms with Gasteiger partial charge in [-0.1, -0.05) is 0 Å². The number of rotatable bonds is 3. The maximum absolute atomic E-state index is 12.3. The number of amides is 2. The number of hydrogen-bond donors (Lipinski definition) is 2. The Balaban J connectivity index is 2.05. The molecule has 1 aliphatic rings. The van der Waals surface area contributed by atoms with E-state index in [-0.39, 0.29) is 6.03 Å². The molecule has 1 aliphatic heterocycles. The Kier molecular flexibility index (Phi) is 4.20. The Morgan fingerprint density at radius 2 is 2.19 bits per heavy atom. The standard InChI is InChI=1S/C14H22N4O3/c1-10-11(9-16-17(10)3)8-15-13(21)18-7-5-4-6-14(18,2)12(19)20/h9H,4-8H2,1-3H3,(H,15,21)(H,19,20). The van der Waals surface area contributed by atoms with Crippen molar-refractivity contribution in [3.05, 3.63) is 17.5 Å². The second kappa shape index (κ2) is 5.75. The third-order valence-corrected chi connectivity index (χ3v) is 4.36. The van der Waals surface area contributed by atoms with Crippen molar-refractivity contribution in [2.75, 3.05) is 6.54 Å². The van der Waals surface area contributed by atoms with Crippen LogP contribution in [0.1, 0.15) is 37.4 Å². The van der Waals surface area contributed by atoms with E-state index in [1.54, 1.807) is 17.8 Å². The van der Waals surface area contributed by atoms with Crippen LogP contribution in [0, 0.1) is 6.92 Å². The summed E-state index contributed by atoms with van der Waals surface area (Å²) in [6.45, 7) is 4.37. The summed E-state index contributed by atoms with van der Waals surface area (Å²) < 4.78 is 1.74. The molecule has 0 aromatic carbocycles. The fourth-order valence-electron chi connectivity index (χ4n) is 2.65. The first-order chi connectivity index (χ1) is 9.86. The second-order valence-corrected chi connectivity index (χ2v) is 5.73. The van der Waals surface area contributed by atoms with Crippen molar-refractivity contribution in [2.45, 2.75) is 45.2 Å². The van der Waals surface area contributed by atoms with Crippen LogP contribution in [0.5, 0.6) is 0 Å². The summed E-state index contributed by atoms with van der Waals surface area (Å²) >= 11 is 0. The summed E-state index contributed by atoms with van der Waals surface area (Å²) in [6.07, 6.45) is 3.86. The van der Waals surface area contributed by atoms with Crippen LogP contribution in [0.25, 0.3) is 0 Å². The van der Waals surface area contributed by atoms with Gasteiger partial charge in [-0.2, -0.15) is 5.10 Å². The Morgan fingerprint density at radius 3 is 2.76 bits per heavy atom. The van der Waals surface area contributed by atoms with Crippen molar-refractivity contribution < 1.29 is 14.7 Å². The average molecular weight is 294 g/mol. The highest BCUT2D eigenvalue weighted by molar-refractivity contribution is 5.86. The number of carbonyl (C=O) groups is 2. The molecule has 7 nitrogen and oxygen atoms in total. The molecule has 0 spiro atoms. The van der Waals surface area contributed by atoms with Crippen molar-refractivity contribution in [2.24, 2.45) is 7.05 Å². The second-order valence-electron chi connectivity index (χ2n) is 5.73. The number of hydrogen-bond acceptors (Lipinski definition) is 3. The molecule has 0 saturated carbocycles. The van der Waals surface area contributed by atoms with Gasteiger partial charge in [0.15, 0.2) is 0 Å². The summed E-state index contributed by atoms with van der Waals surface area (Å²) in [4.78, 5) is 25.3. The minimum absolute atomic E-state index is 0.331. The fraction of sp³-hybridized carbons (Fsp3) is 0.643. The molecule has 7 heteroatoms. The van der Waals surface area contributed by atoms with E-state index in [1.807, 2.05) is 14.0 Å². The zero-order valence-corrected chi connectivity index (χ0v) is 12.7. The molecular formula is C14H22N4O3. The molecule has 1 aromatic heterocycles. The Hall–Kier alpha value is -2.05. The van der Waals surface area contributed by atoms with Crippen molar-refractivity contribution in [1.29, 1.82) is 0 Å². The van der Waals surface area contributed by atoms with E-state index >= 15 is 0 Å². The largest absolute Gasteiger partial charge is 0.480 e. The maximum atomic E-state index is 12.3. The first-order valence-corrected chi connectivity index (χ1v) is 7.12. The number of urea groups is 1. The van der Waals surface area contributed by atoms with E-state index in [2.05, 4.69) is 10.4 Å². The molecule has 0 aliphatic carbocycles. The van der Waals surface area contributed by atoms with E-state index in [0.29, 0.717) is 19.5 Å². The minimum Gasteiger partial charge on any atom is -0.480 e. The molecular weight excluding hydrogens is 272 g/mol. The average Bonchev–Trinajstić information content (AvgIpc) is 2.76. The zero-order valence-electron chi connectivity index (χ0n) is 12.7. The molecule has 1 unspecified atom stereocenters. The molecule has 1 fully saturated rings. The monoisotopic (exact) mass is 294 g/mol. The topological polar surface area (TPSA) is 87.5 Å². The highest BCUT2D eigenvalue weighted by Gasteiger charge is 2.43. The maximum Gasteiger partial charge on any atom is 0.329 e. The number of nitrogens with zero attached hydrogens (tertiary/aromatic N) is 3. The number of nitrogens with one attached hydrogen (secondary N) is 1. The molecule has 2 rings (SSSR count). The van der Waals surface area contributed by atoms with E-state index in [1.165, 1.54) is 4.90 Å².